The van der Waals surface area contributed by atoms with E-state index in [1.807, 2.05) is 0 Å². The molecule has 14 heavy (non-hydrogen) atoms. The summed E-state index contributed by atoms with van der Waals surface area (Å²) in [4.78, 5) is 2.57. The van der Waals surface area contributed by atoms with E-state index in [2.05, 4.69) is 31.5 Å². The van der Waals surface area contributed by atoms with Gasteiger partial charge in [0.2, 0.25) is 0 Å². The van der Waals surface area contributed by atoms with Crippen LogP contribution in [-0.2, 0) is 0 Å². The van der Waals surface area contributed by atoms with E-state index in [4.69, 9.17) is 0 Å². The Kier molecular flexibility index (Phi) is 5.95. The summed E-state index contributed by atoms with van der Waals surface area (Å²) in [6.45, 7) is 3.51. The van der Waals surface area contributed by atoms with Crippen LogP contribution >= 0.6 is 12.6 Å². The second kappa shape index (κ2) is 6.73. The molecule has 0 N–H and O–H groups in total. The highest BCUT2D eigenvalue weighted by Gasteiger charge is 2.19. The number of hydrogen-bond donors (Lipinski definition) is 1. The van der Waals surface area contributed by atoms with Crippen LogP contribution in [0.15, 0.2) is 0 Å². The third-order valence-corrected chi connectivity index (χ3v) is 4.10. The van der Waals surface area contributed by atoms with Crippen LogP contribution in [0.5, 0.6) is 0 Å². The van der Waals surface area contributed by atoms with Crippen LogP contribution in [0.1, 0.15) is 45.4 Å². The number of hydrogen-bond acceptors (Lipinski definition) is 2. The van der Waals surface area contributed by atoms with Gasteiger partial charge in [-0.1, -0.05) is 32.6 Å². The minimum atomic E-state index is 0.783. The Hall–Kier alpha value is 0.310. The molecule has 1 unspecified atom stereocenters. The first-order valence-corrected chi connectivity index (χ1v) is 6.72. The second-order valence-corrected chi connectivity index (χ2v) is 5.05. The zero-order chi connectivity index (χ0) is 10.4. The van der Waals surface area contributed by atoms with Gasteiger partial charge < -0.3 is 4.90 Å². The van der Waals surface area contributed by atoms with Gasteiger partial charge in [0.25, 0.3) is 0 Å². The van der Waals surface area contributed by atoms with Gasteiger partial charge in [-0.15, -0.1) is 0 Å². The van der Waals surface area contributed by atoms with Gasteiger partial charge in [-0.3, -0.25) is 0 Å². The molecule has 0 heterocycles. The summed E-state index contributed by atoms with van der Waals surface area (Å²) in [7, 11) is 2.29. The summed E-state index contributed by atoms with van der Waals surface area (Å²) in [6, 6.07) is 0.859. The first-order chi connectivity index (χ1) is 6.77. The molecule has 1 fully saturated rings. The van der Waals surface area contributed by atoms with Crippen LogP contribution in [0.3, 0.4) is 0 Å². The molecule has 0 radical (unpaired) electrons. The van der Waals surface area contributed by atoms with E-state index in [9.17, 15) is 0 Å². The Bertz CT molecular complexity index is 139. The van der Waals surface area contributed by atoms with Crippen LogP contribution in [-0.4, -0.2) is 30.3 Å². The first kappa shape index (κ1) is 12.4. The van der Waals surface area contributed by atoms with Crippen molar-refractivity contribution in [2.45, 2.75) is 51.5 Å². The maximum absolute atomic E-state index is 4.41. The molecule has 0 bridgehead atoms. The van der Waals surface area contributed by atoms with Crippen LogP contribution in [0.25, 0.3) is 0 Å². The van der Waals surface area contributed by atoms with Gasteiger partial charge in [-0.05, 0) is 31.6 Å². The molecule has 0 aliphatic heterocycles. The van der Waals surface area contributed by atoms with Gasteiger partial charge in [-0.25, -0.2) is 0 Å². The summed E-state index contributed by atoms with van der Waals surface area (Å²) in [5.41, 5.74) is 0. The molecule has 1 aliphatic rings. The minimum Gasteiger partial charge on any atom is -0.303 e. The quantitative estimate of drug-likeness (QED) is 0.689. The minimum absolute atomic E-state index is 0.783. The Morgan fingerprint density at radius 3 is 2.43 bits per heavy atom. The summed E-state index contributed by atoms with van der Waals surface area (Å²) in [6.07, 6.45) is 8.42. The molecule has 1 rings (SSSR count). The van der Waals surface area contributed by atoms with Gasteiger partial charge in [-0.2, -0.15) is 12.6 Å². The van der Waals surface area contributed by atoms with Crippen LogP contribution in [0.2, 0.25) is 0 Å². The molecule has 1 nitrogen and oxygen atoms in total. The lowest BCUT2D eigenvalue weighted by Gasteiger charge is -2.33. The third-order valence-electron chi connectivity index (χ3n) is 3.58. The number of nitrogens with zero attached hydrogens (tertiary/aromatic N) is 1. The summed E-state index contributed by atoms with van der Waals surface area (Å²) < 4.78 is 0. The molecule has 1 aliphatic carbocycles. The molecular weight excluding hydrogens is 190 g/mol. The molecule has 84 valence electrons. The normalized spacial score (nSPS) is 21.4. The maximum atomic E-state index is 4.41. The highest BCUT2D eigenvalue weighted by atomic mass is 32.1. The van der Waals surface area contributed by atoms with Gasteiger partial charge >= 0.3 is 0 Å². The molecule has 1 saturated carbocycles. The van der Waals surface area contributed by atoms with Gasteiger partial charge in [0.05, 0.1) is 0 Å². The SMILES string of the molecule is CCC(CS)CN(C)C1CCCCC1. The lowest BCUT2D eigenvalue weighted by atomic mass is 9.94. The highest BCUT2D eigenvalue weighted by Crippen LogP contribution is 2.22. The van der Waals surface area contributed by atoms with Crippen molar-refractivity contribution in [2.24, 2.45) is 5.92 Å². The van der Waals surface area contributed by atoms with Crippen molar-refractivity contribution in [3.05, 3.63) is 0 Å². The smallest absolute Gasteiger partial charge is 0.00923 e. The van der Waals surface area contributed by atoms with Crippen molar-refractivity contribution in [1.82, 2.24) is 4.90 Å². The van der Waals surface area contributed by atoms with E-state index in [1.54, 1.807) is 0 Å². The molecule has 0 saturated heterocycles. The summed E-state index contributed by atoms with van der Waals surface area (Å²) in [5, 5.41) is 0. The Morgan fingerprint density at radius 2 is 1.93 bits per heavy atom. The van der Waals surface area contributed by atoms with Crippen LogP contribution in [0, 0.1) is 5.92 Å². The third kappa shape index (κ3) is 3.82. The van der Waals surface area contributed by atoms with E-state index in [0.717, 1.165) is 17.7 Å². The standard InChI is InChI=1S/C12H25NS/c1-3-11(10-14)9-13(2)12-7-5-4-6-8-12/h11-12,14H,3-10H2,1-2H3. The Labute approximate surface area is 94.7 Å². The Balaban J connectivity index is 2.27. The molecule has 0 amide bonds. The topological polar surface area (TPSA) is 3.24 Å². The number of rotatable bonds is 5. The van der Waals surface area contributed by atoms with Gasteiger partial charge in [0, 0.05) is 12.6 Å². The lowest BCUT2D eigenvalue weighted by molar-refractivity contribution is 0.170. The van der Waals surface area contributed by atoms with Crippen molar-refractivity contribution < 1.29 is 0 Å². The van der Waals surface area contributed by atoms with E-state index in [-0.39, 0.29) is 0 Å². The fourth-order valence-corrected chi connectivity index (χ4v) is 2.77. The molecule has 1 atom stereocenters. The monoisotopic (exact) mass is 215 g/mol. The van der Waals surface area contributed by atoms with E-state index in [1.165, 1.54) is 45.1 Å². The van der Waals surface area contributed by atoms with Crippen molar-refractivity contribution in [3.8, 4) is 0 Å². The van der Waals surface area contributed by atoms with Crippen molar-refractivity contribution in [3.63, 3.8) is 0 Å². The molecule has 0 aromatic rings. The molecular formula is C12H25NS. The number of thiol groups is 1. The zero-order valence-corrected chi connectivity index (χ0v) is 10.6. The van der Waals surface area contributed by atoms with Crippen LogP contribution < -0.4 is 0 Å². The Morgan fingerprint density at radius 1 is 1.29 bits per heavy atom. The highest BCUT2D eigenvalue weighted by molar-refractivity contribution is 7.80. The second-order valence-electron chi connectivity index (χ2n) is 4.69. The van der Waals surface area contributed by atoms with E-state index in [0.29, 0.717) is 0 Å². The predicted octanol–water partition coefficient (Wildman–Crippen LogP) is 3.21. The molecule has 0 aromatic carbocycles. The predicted molar refractivity (Wildman–Crippen MR) is 67.1 cm³/mol. The zero-order valence-electron chi connectivity index (χ0n) is 9.71. The molecule has 0 spiro atoms. The first-order valence-electron chi connectivity index (χ1n) is 6.09. The summed E-state index contributed by atoms with van der Waals surface area (Å²) >= 11 is 4.41. The fraction of sp³-hybridized carbons (Fsp3) is 1.00. The average Bonchev–Trinajstić information content (AvgIpc) is 2.26. The largest absolute Gasteiger partial charge is 0.303 e. The molecule has 0 aromatic heterocycles. The van der Waals surface area contributed by atoms with Crippen molar-refractivity contribution >= 4 is 12.6 Å². The van der Waals surface area contributed by atoms with Gasteiger partial charge in [0.1, 0.15) is 0 Å². The van der Waals surface area contributed by atoms with E-state index < -0.39 is 0 Å². The molecule has 2 heteroatoms. The summed E-state index contributed by atoms with van der Waals surface area (Å²) in [5.74, 6) is 1.82. The van der Waals surface area contributed by atoms with Crippen molar-refractivity contribution in [1.29, 1.82) is 0 Å². The van der Waals surface area contributed by atoms with Crippen LogP contribution in [0.4, 0.5) is 0 Å². The van der Waals surface area contributed by atoms with E-state index >= 15 is 0 Å². The maximum Gasteiger partial charge on any atom is 0.00923 e. The average molecular weight is 215 g/mol. The lowest BCUT2D eigenvalue weighted by Crippen LogP contribution is -2.37. The van der Waals surface area contributed by atoms with Crippen molar-refractivity contribution in [2.75, 3.05) is 19.3 Å². The fourth-order valence-electron chi connectivity index (χ4n) is 2.39. The van der Waals surface area contributed by atoms with Gasteiger partial charge in [0.15, 0.2) is 0 Å².